The molecule has 0 heterocycles. The number of halogens is 2. The Bertz CT molecular complexity index is 499. The second-order valence-electron chi connectivity index (χ2n) is 3.95. The molecule has 88 valence electrons. The lowest BCUT2D eigenvalue weighted by atomic mass is 10.3. The second-order valence-corrected chi connectivity index (χ2v) is 6.16. The predicted octanol–water partition coefficient (Wildman–Crippen LogP) is 2.03. The molecule has 6 heteroatoms. The van der Waals surface area contributed by atoms with Gasteiger partial charge >= 0.3 is 0 Å². The van der Waals surface area contributed by atoms with E-state index in [0.29, 0.717) is 5.33 Å². The second kappa shape index (κ2) is 4.09. The van der Waals surface area contributed by atoms with Crippen LogP contribution in [0, 0.1) is 5.82 Å². The maximum absolute atomic E-state index is 13.4. The average molecular weight is 308 g/mol. The Balaban J connectivity index is 2.30. The molecule has 0 amide bonds. The molecule has 1 aromatic carbocycles. The Morgan fingerprint density at radius 3 is 2.50 bits per heavy atom. The average Bonchev–Trinajstić information content (AvgIpc) is 2.98. The fourth-order valence-electron chi connectivity index (χ4n) is 1.42. The zero-order chi connectivity index (χ0) is 11.8. The minimum absolute atomic E-state index is 0.290. The van der Waals surface area contributed by atoms with E-state index in [4.69, 9.17) is 0 Å². The molecular formula is C10H11BrFNO2S. The first-order valence-electron chi connectivity index (χ1n) is 4.84. The van der Waals surface area contributed by atoms with Crippen molar-refractivity contribution in [1.82, 2.24) is 4.72 Å². The Morgan fingerprint density at radius 1 is 1.38 bits per heavy atom. The molecule has 0 saturated heterocycles. The molecule has 2 rings (SSSR count). The molecule has 0 spiro atoms. The van der Waals surface area contributed by atoms with Gasteiger partial charge in [-0.25, -0.2) is 17.5 Å². The highest BCUT2D eigenvalue weighted by atomic mass is 79.9. The summed E-state index contributed by atoms with van der Waals surface area (Å²) in [5.74, 6) is -0.722. The molecule has 1 fully saturated rings. The number of alkyl halides is 1. The minimum atomic E-state index is -3.75. The predicted molar refractivity (Wildman–Crippen MR) is 62.5 cm³/mol. The summed E-state index contributed by atoms with van der Waals surface area (Å²) in [4.78, 5) is -0.290. The summed E-state index contributed by atoms with van der Waals surface area (Å²) in [5, 5.41) is 0.549. The van der Waals surface area contributed by atoms with E-state index >= 15 is 0 Å². The van der Waals surface area contributed by atoms with Gasteiger partial charge in [-0.1, -0.05) is 28.1 Å². The van der Waals surface area contributed by atoms with Crippen LogP contribution in [0.15, 0.2) is 29.2 Å². The van der Waals surface area contributed by atoms with Crippen molar-refractivity contribution in [3.8, 4) is 0 Å². The van der Waals surface area contributed by atoms with Gasteiger partial charge in [0.05, 0.1) is 0 Å². The zero-order valence-electron chi connectivity index (χ0n) is 8.41. The summed E-state index contributed by atoms with van der Waals surface area (Å²) in [7, 11) is -3.75. The van der Waals surface area contributed by atoms with Crippen molar-refractivity contribution in [2.45, 2.75) is 23.3 Å². The van der Waals surface area contributed by atoms with Crippen LogP contribution in [0.3, 0.4) is 0 Å². The fraction of sp³-hybridized carbons (Fsp3) is 0.400. The number of hydrogen-bond acceptors (Lipinski definition) is 2. The molecule has 3 nitrogen and oxygen atoms in total. The zero-order valence-corrected chi connectivity index (χ0v) is 10.8. The number of hydrogen-bond donors (Lipinski definition) is 1. The molecule has 0 atom stereocenters. The van der Waals surface area contributed by atoms with Gasteiger partial charge in [-0.2, -0.15) is 0 Å². The van der Waals surface area contributed by atoms with Gasteiger partial charge in [0.15, 0.2) is 0 Å². The largest absolute Gasteiger partial charge is 0.244 e. The van der Waals surface area contributed by atoms with Gasteiger partial charge in [-0.05, 0) is 25.0 Å². The van der Waals surface area contributed by atoms with Gasteiger partial charge in [0.1, 0.15) is 10.7 Å². The first-order valence-corrected chi connectivity index (χ1v) is 7.44. The van der Waals surface area contributed by atoms with Crippen LogP contribution in [-0.4, -0.2) is 19.3 Å². The maximum Gasteiger partial charge on any atom is 0.244 e. The first-order chi connectivity index (χ1) is 7.49. The van der Waals surface area contributed by atoms with Crippen LogP contribution >= 0.6 is 15.9 Å². The third-order valence-electron chi connectivity index (χ3n) is 2.59. The van der Waals surface area contributed by atoms with Crippen LogP contribution < -0.4 is 4.72 Å². The molecule has 0 bridgehead atoms. The van der Waals surface area contributed by atoms with E-state index in [1.807, 2.05) is 0 Å². The van der Waals surface area contributed by atoms with Crippen LogP contribution in [0.1, 0.15) is 12.8 Å². The maximum atomic E-state index is 13.4. The molecule has 0 aliphatic heterocycles. The molecule has 1 N–H and O–H groups in total. The van der Waals surface area contributed by atoms with Crippen molar-refractivity contribution in [2.75, 3.05) is 5.33 Å². The molecule has 1 aliphatic rings. The Hall–Kier alpha value is -0.460. The molecule has 16 heavy (non-hydrogen) atoms. The van der Waals surface area contributed by atoms with Crippen molar-refractivity contribution in [1.29, 1.82) is 0 Å². The van der Waals surface area contributed by atoms with E-state index in [2.05, 4.69) is 20.7 Å². The van der Waals surface area contributed by atoms with Crippen molar-refractivity contribution < 1.29 is 12.8 Å². The third-order valence-corrected chi connectivity index (χ3v) is 5.27. The lowest BCUT2D eigenvalue weighted by Crippen LogP contribution is -2.38. The first kappa shape index (κ1) is 12.0. The van der Waals surface area contributed by atoms with Gasteiger partial charge in [0, 0.05) is 10.9 Å². The van der Waals surface area contributed by atoms with Crippen molar-refractivity contribution >= 4 is 26.0 Å². The van der Waals surface area contributed by atoms with E-state index in [-0.39, 0.29) is 4.90 Å². The van der Waals surface area contributed by atoms with E-state index in [1.165, 1.54) is 18.2 Å². The lowest BCUT2D eigenvalue weighted by molar-refractivity contribution is 0.543. The van der Waals surface area contributed by atoms with Gasteiger partial charge in [-0.3, -0.25) is 0 Å². The van der Waals surface area contributed by atoms with Gasteiger partial charge in [0.2, 0.25) is 10.0 Å². The number of benzene rings is 1. The van der Waals surface area contributed by atoms with Crippen LogP contribution in [0.5, 0.6) is 0 Å². The summed E-state index contributed by atoms with van der Waals surface area (Å²) < 4.78 is 39.7. The highest BCUT2D eigenvalue weighted by Gasteiger charge is 2.45. The molecule has 1 saturated carbocycles. The number of sulfonamides is 1. The quantitative estimate of drug-likeness (QED) is 0.865. The number of nitrogens with one attached hydrogen (secondary N) is 1. The summed E-state index contributed by atoms with van der Waals surface area (Å²) in [6.07, 6.45) is 1.57. The van der Waals surface area contributed by atoms with E-state index in [0.717, 1.165) is 18.9 Å². The van der Waals surface area contributed by atoms with Crippen molar-refractivity contribution in [2.24, 2.45) is 0 Å². The molecule has 0 aromatic heterocycles. The summed E-state index contributed by atoms with van der Waals surface area (Å²) in [5.41, 5.74) is -0.416. The molecule has 0 unspecified atom stereocenters. The van der Waals surface area contributed by atoms with Gasteiger partial charge in [0.25, 0.3) is 0 Å². The van der Waals surface area contributed by atoms with E-state index in [9.17, 15) is 12.8 Å². The highest BCUT2D eigenvalue weighted by Crippen LogP contribution is 2.38. The van der Waals surface area contributed by atoms with Gasteiger partial charge < -0.3 is 0 Å². The lowest BCUT2D eigenvalue weighted by Gasteiger charge is -2.14. The smallest absolute Gasteiger partial charge is 0.207 e. The Morgan fingerprint density at radius 2 is 2.00 bits per heavy atom. The van der Waals surface area contributed by atoms with Crippen LogP contribution in [0.2, 0.25) is 0 Å². The van der Waals surface area contributed by atoms with Crippen LogP contribution in [0.4, 0.5) is 4.39 Å². The summed E-state index contributed by atoms with van der Waals surface area (Å²) >= 11 is 3.26. The molecular weight excluding hydrogens is 297 g/mol. The SMILES string of the molecule is O=S(=O)(NC1(CBr)CC1)c1ccccc1F. The van der Waals surface area contributed by atoms with Gasteiger partial charge in [-0.15, -0.1) is 0 Å². The van der Waals surface area contributed by atoms with E-state index in [1.54, 1.807) is 0 Å². The summed E-state index contributed by atoms with van der Waals surface area (Å²) in [6.45, 7) is 0. The molecule has 1 aliphatic carbocycles. The Labute approximate surface area is 102 Å². The highest BCUT2D eigenvalue weighted by molar-refractivity contribution is 9.09. The number of rotatable bonds is 4. The van der Waals surface area contributed by atoms with Crippen molar-refractivity contribution in [3.05, 3.63) is 30.1 Å². The van der Waals surface area contributed by atoms with E-state index < -0.39 is 21.4 Å². The topological polar surface area (TPSA) is 46.2 Å². The van der Waals surface area contributed by atoms with Crippen LogP contribution in [0.25, 0.3) is 0 Å². The summed E-state index contributed by atoms with van der Waals surface area (Å²) in [6, 6.07) is 5.38. The van der Waals surface area contributed by atoms with Crippen LogP contribution in [-0.2, 0) is 10.0 Å². The fourth-order valence-corrected chi connectivity index (χ4v) is 3.84. The molecule has 1 aromatic rings. The molecule has 0 radical (unpaired) electrons. The monoisotopic (exact) mass is 307 g/mol. The minimum Gasteiger partial charge on any atom is -0.207 e. The standard InChI is InChI=1S/C10H11BrFNO2S/c11-7-10(5-6-10)13-16(14,15)9-4-2-1-3-8(9)12/h1-4,13H,5-7H2. The Kier molecular flexibility index (Phi) is 3.07. The van der Waals surface area contributed by atoms with Crippen molar-refractivity contribution in [3.63, 3.8) is 0 Å². The third kappa shape index (κ3) is 2.28. The normalized spacial score (nSPS) is 18.4.